The Hall–Kier alpha value is -2.75. The normalized spacial score (nSPS) is 15.7. The maximum atomic E-state index is 12.8. The number of aryl methyl sites for hydroxylation is 1. The summed E-state index contributed by atoms with van der Waals surface area (Å²) >= 11 is 0. The summed E-state index contributed by atoms with van der Waals surface area (Å²) in [6.45, 7) is 16.9. The molecule has 29 heavy (non-hydrogen) atoms. The number of ether oxygens (including phenoxy) is 1. The van der Waals surface area contributed by atoms with E-state index in [1.54, 1.807) is 7.11 Å². The molecule has 1 aromatic carbocycles. The van der Waals surface area contributed by atoms with Crippen molar-refractivity contribution in [3.05, 3.63) is 77.7 Å². The number of carbonyl (C=O) groups is 1. The first-order valence-corrected chi connectivity index (χ1v) is 10.3. The molecule has 0 N–H and O–H groups in total. The minimum atomic E-state index is -0.000741. The van der Waals surface area contributed by atoms with Crippen LogP contribution in [-0.4, -0.2) is 49.0 Å². The highest BCUT2D eigenvalue weighted by Crippen LogP contribution is 2.20. The van der Waals surface area contributed by atoms with Crippen LogP contribution in [0.3, 0.4) is 0 Å². The molecule has 0 atom stereocenters. The molecule has 156 valence electrons. The van der Waals surface area contributed by atoms with E-state index in [1.165, 1.54) is 5.56 Å². The predicted molar refractivity (Wildman–Crippen MR) is 121 cm³/mol. The SMILES string of the molecule is C=C/C(=C(\C)OC)N1CCN(C(=O)C(=C)/C=C(\C)c2ccc(CCC)cc2)CC1. The van der Waals surface area contributed by atoms with E-state index in [0.29, 0.717) is 18.7 Å². The highest BCUT2D eigenvalue weighted by molar-refractivity contribution is 5.97. The van der Waals surface area contributed by atoms with Crippen molar-refractivity contribution in [1.82, 2.24) is 9.80 Å². The Morgan fingerprint density at radius 2 is 1.69 bits per heavy atom. The molecule has 1 aliphatic rings. The second-order valence-electron chi connectivity index (χ2n) is 7.43. The number of piperazine rings is 1. The molecule has 0 saturated carbocycles. The third-order valence-electron chi connectivity index (χ3n) is 5.38. The number of benzene rings is 1. The van der Waals surface area contributed by atoms with E-state index >= 15 is 0 Å². The Balaban J connectivity index is 1.99. The van der Waals surface area contributed by atoms with Gasteiger partial charge in [-0.2, -0.15) is 0 Å². The lowest BCUT2D eigenvalue weighted by atomic mass is 10.0. The van der Waals surface area contributed by atoms with Crippen molar-refractivity contribution in [2.75, 3.05) is 33.3 Å². The van der Waals surface area contributed by atoms with Gasteiger partial charge in [0.05, 0.1) is 12.8 Å². The molecule has 1 saturated heterocycles. The van der Waals surface area contributed by atoms with E-state index in [1.807, 2.05) is 30.9 Å². The van der Waals surface area contributed by atoms with Crippen LogP contribution in [-0.2, 0) is 16.0 Å². The zero-order valence-electron chi connectivity index (χ0n) is 18.3. The average molecular weight is 395 g/mol. The van der Waals surface area contributed by atoms with Gasteiger partial charge in [0, 0.05) is 31.8 Å². The molecule has 1 aliphatic heterocycles. The maximum Gasteiger partial charge on any atom is 0.253 e. The van der Waals surface area contributed by atoms with Crippen LogP contribution in [0.15, 0.2) is 66.6 Å². The average Bonchev–Trinajstić information content (AvgIpc) is 2.74. The standard InChI is InChI=1S/C25H34N2O2/c1-7-9-22-10-12-23(13-11-22)19(3)18-20(4)25(28)27-16-14-26(15-17-27)24(8-2)21(5)29-6/h8,10-13,18H,2,4,7,9,14-17H2,1,3,5-6H3/b19-18+,24-21-. The van der Waals surface area contributed by atoms with E-state index in [-0.39, 0.29) is 5.91 Å². The molecule has 2 rings (SSSR count). The summed E-state index contributed by atoms with van der Waals surface area (Å²) in [6, 6.07) is 8.56. The molecule has 4 nitrogen and oxygen atoms in total. The lowest BCUT2D eigenvalue weighted by Crippen LogP contribution is -2.48. The number of rotatable bonds is 8. The third-order valence-corrected chi connectivity index (χ3v) is 5.38. The lowest BCUT2D eigenvalue weighted by molar-refractivity contribution is -0.128. The van der Waals surface area contributed by atoms with Gasteiger partial charge < -0.3 is 14.5 Å². The summed E-state index contributed by atoms with van der Waals surface area (Å²) in [6.07, 6.45) is 5.94. The van der Waals surface area contributed by atoms with Crippen molar-refractivity contribution in [2.45, 2.75) is 33.6 Å². The molecule has 1 fully saturated rings. The first-order valence-electron chi connectivity index (χ1n) is 10.3. The van der Waals surface area contributed by atoms with Crippen molar-refractivity contribution in [1.29, 1.82) is 0 Å². The number of amides is 1. The quantitative estimate of drug-likeness (QED) is 0.360. The fraction of sp³-hybridized carbons (Fsp3) is 0.400. The summed E-state index contributed by atoms with van der Waals surface area (Å²) < 4.78 is 5.34. The van der Waals surface area contributed by atoms with Gasteiger partial charge in [-0.15, -0.1) is 0 Å². The molecule has 0 bridgehead atoms. The van der Waals surface area contributed by atoms with Crippen molar-refractivity contribution < 1.29 is 9.53 Å². The zero-order chi connectivity index (χ0) is 21.4. The fourth-order valence-corrected chi connectivity index (χ4v) is 3.58. The van der Waals surface area contributed by atoms with Crippen LogP contribution in [0.5, 0.6) is 0 Å². The van der Waals surface area contributed by atoms with E-state index in [2.05, 4.69) is 49.2 Å². The summed E-state index contributed by atoms with van der Waals surface area (Å²) in [4.78, 5) is 16.9. The van der Waals surface area contributed by atoms with Gasteiger partial charge in [0.25, 0.3) is 5.91 Å². The van der Waals surface area contributed by atoms with Gasteiger partial charge in [0.2, 0.25) is 0 Å². The second kappa shape index (κ2) is 10.7. The van der Waals surface area contributed by atoms with E-state index < -0.39 is 0 Å². The van der Waals surface area contributed by atoms with Gasteiger partial charge in [-0.25, -0.2) is 0 Å². The molecule has 4 heteroatoms. The molecule has 0 aromatic heterocycles. The van der Waals surface area contributed by atoms with E-state index in [4.69, 9.17) is 4.74 Å². The number of methoxy groups -OCH3 is 1. The third kappa shape index (κ3) is 5.86. The minimum Gasteiger partial charge on any atom is -0.499 e. The van der Waals surface area contributed by atoms with Crippen molar-refractivity contribution in [3.8, 4) is 0 Å². The topological polar surface area (TPSA) is 32.8 Å². The number of hydrogen-bond donors (Lipinski definition) is 0. The zero-order valence-corrected chi connectivity index (χ0v) is 18.3. The molecular weight excluding hydrogens is 360 g/mol. The maximum absolute atomic E-state index is 12.8. The second-order valence-corrected chi connectivity index (χ2v) is 7.43. The first-order chi connectivity index (χ1) is 13.9. The van der Waals surface area contributed by atoms with Crippen LogP contribution in [0, 0.1) is 0 Å². The summed E-state index contributed by atoms with van der Waals surface area (Å²) in [7, 11) is 1.66. The molecule has 0 radical (unpaired) electrons. The Bertz CT molecular complexity index is 795. The van der Waals surface area contributed by atoms with Gasteiger partial charge in [-0.1, -0.05) is 50.8 Å². The Labute approximate surface area is 175 Å². The number of allylic oxidation sites excluding steroid dienone is 3. The Morgan fingerprint density at radius 3 is 2.21 bits per heavy atom. The van der Waals surface area contributed by atoms with Crippen LogP contribution >= 0.6 is 0 Å². The minimum absolute atomic E-state index is 0.000741. The Morgan fingerprint density at radius 1 is 1.10 bits per heavy atom. The highest BCUT2D eigenvalue weighted by atomic mass is 16.5. The number of carbonyl (C=O) groups excluding carboxylic acids is 1. The van der Waals surface area contributed by atoms with Crippen molar-refractivity contribution >= 4 is 11.5 Å². The van der Waals surface area contributed by atoms with Gasteiger partial charge >= 0.3 is 0 Å². The monoisotopic (exact) mass is 394 g/mol. The molecule has 0 aliphatic carbocycles. The molecular formula is C25H34N2O2. The van der Waals surface area contributed by atoms with Gasteiger partial charge in [0.15, 0.2) is 0 Å². The summed E-state index contributed by atoms with van der Waals surface area (Å²) in [5, 5.41) is 0. The molecule has 0 unspecified atom stereocenters. The van der Waals surface area contributed by atoms with Crippen LogP contribution < -0.4 is 0 Å². The van der Waals surface area contributed by atoms with Crippen LogP contribution in [0.4, 0.5) is 0 Å². The largest absolute Gasteiger partial charge is 0.499 e. The van der Waals surface area contributed by atoms with Crippen molar-refractivity contribution in [2.24, 2.45) is 0 Å². The Kier molecular flexibility index (Phi) is 8.32. The van der Waals surface area contributed by atoms with Crippen molar-refractivity contribution in [3.63, 3.8) is 0 Å². The fourth-order valence-electron chi connectivity index (χ4n) is 3.58. The predicted octanol–water partition coefficient (Wildman–Crippen LogP) is 4.81. The summed E-state index contributed by atoms with van der Waals surface area (Å²) in [5.74, 6) is 0.840. The first kappa shape index (κ1) is 22.5. The highest BCUT2D eigenvalue weighted by Gasteiger charge is 2.23. The van der Waals surface area contributed by atoms with E-state index in [0.717, 1.165) is 48.5 Å². The molecule has 1 aromatic rings. The van der Waals surface area contributed by atoms with Crippen LogP contribution in [0.2, 0.25) is 0 Å². The van der Waals surface area contributed by atoms with Crippen LogP contribution in [0.25, 0.3) is 5.57 Å². The molecule has 0 spiro atoms. The number of hydrogen-bond acceptors (Lipinski definition) is 3. The van der Waals surface area contributed by atoms with E-state index in [9.17, 15) is 4.79 Å². The van der Waals surface area contributed by atoms with Crippen LogP contribution in [0.1, 0.15) is 38.3 Å². The summed E-state index contributed by atoms with van der Waals surface area (Å²) in [5.41, 5.74) is 5.03. The smallest absolute Gasteiger partial charge is 0.253 e. The number of nitrogens with zero attached hydrogens (tertiary/aromatic N) is 2. The van der Waals surface area contributed by atoms with Gasteiger partial charge in [0.1, 0.15) is 5.76 Å². The lowest BCUT2D eigenvalue weighted by Gasteiger charge is -2.37. The molecule has 1 heterocycles. The molecule has 1 amide bonds. The van der Waals surface area contributed by atoms with Gasteiger partial charge in [-0.05, 0) is 49.1 Å². The van der Waals surface area contributed by atoms with Gasteiger partial charge in [-0.3, -0.25) is 4.79 Å².